The summed E-state index contributed by atoms with van der Waals surface area (Å²) < 4.78 is 16.7. The quantitative estimate of drug-likeness (QED) is 0.0343. The third kappa shape index (κ3) is 55.2. The predicted octanol–water partition coefficient (Wildman–Crippen LogP) is 20.3. The van der Waals surface area contributed by atoms with Crippen molar-refractivity contribution in [3.05, 3.63) is 0 Å². The first-order valence-corrected chi connectivity index (χ1v) is 30.5. The van der Waals surface area contributed by atoms with Crippen molar-refractivity contribution in [1.82, 2.24) is 0 Å². The van der Waals surface area contributed by atoms with Crippen molar-refractivity contribution in [2.24, 2.45) is 0 Å². The maximum atomic E-state index is 12.7. The molecule has 398 valence electrons. The van der Waals surface area contributed by atoms with Crippen LogP contribution < -0.4 is 0 Å². The minimum Gasteiger partial charge on any atom is -0.462 e. The Kier molecular flexibility index (Phi) is 55.6. The van der Waals surface area contributed by atoms with Gasteiger partial charge in [0.2, 0.25) is 0 Å². The maximum absolute atomic E-state index is 12.7. The molecule has 0 spiro atoms. The zero-order chi connectivity index (χ0) is 48.6. The highest BCUT2D eigenvalue weighted by molar-refractivity contribution is 5.71. The lowest BCUT2D eigenvalue weighted by Crippen LogP contribution is -2.30. The van der Waals surface area contributed by atoms with E-state index in [1.54, 1.807) is 0 Å². The van der Waals surface area contributed by atoms with E-state index in [1.807, 2.05) is 0 Å². The standard InChI is InChI=1S/C61H118O6/c1-4-7-10-13-16-19-20-21-22-23-24-25-26-27-28-29-30-31-32-33-34-35-36-37-38-39-40-41-42-43-46-48-51-54-60(63)66-57-58(67-61(64)55-52-49-45-18-15-12-9-6-3)56-65-59(62)53-50-47-44-17-14-11-8-5-2/h58H,4-57H2,1-3H3. The molecule has 0 aromatic heterocycles. The lowest BCUT2D eigenvalue weighted by molar-refractivity contribution is -0.167. The van der Waals surface area contributed by atoms with Crippen molar-refractivity contribution in [3.63, 3.8) is 0 Å². The summed E-state index contributed by atoms with van der Waals surface area (Å²) in [6.45, 7) is 6.63. The summed E-state index contributed by atoms with van der Waals surface area (Å²) in [7, 11) is 0. The van der Waals surface area contributed by atoms with Gasteiger partial charge in [-0.1, -0.05) is 316 Å². The second-order valence-electron chi connectivity index (χ2n) is 21.0. The van der Waals surface area contributed by atoms with Gasteiger partial charge in [0, 0.05) is 19.3 Å². The molecule has 1 atom stereocenters. The molecule has 0 aromatic carbocycles. The van der Waals surface area contributed by atoms with Gasteiger partial charge < -0.3 is 14.2 Å². The van der Waals surface area contributed by atoms with Gasteiger partial charge in [0.15, 0.2) is 6.10 Å². The van der Waals surface area contributed by atoms with Crippen molar-refractivity contribution in [2.75, 3.05) is 13.2 Å². The molecule has 0 bridgehead atoms. The number of esters is 3. The summed E-state index contributed by atoms with van der Waals surface area (Å²) in [4.78, 5) is 37.7. The van der Waals surface area contributed by atoms with Crippen molar-refractivity contribution >= 4 is 17.9 Å². The molecular weight excluding hydrogens is 829 g/mol. The Labute approximate surface area is 418 Å². The van der Waals surface area contributed by atoms with Crippen LogP contribution in [0.15, 0.2) is 0 Å². The van der Waals surface area contributed by atoms with Crippen LogP contribution in [0.5, 0.6) is 0 Å². The third-order valence-electron chi connectivity index (χ3n) is 14.1. The molecule has 0 aliphatic rings. The molecule has 6 heteroatoms. The smallest absolute Gasteiger partial charge is 0.306 e. The molecule has 0 heterocycles. The van der Waals surface area contributed by atoms with E-state index in [0.29, 0.717) is 19.3 Å². The average Bonchev–Trinajstić information content (AvgIpc) is 3.33. The maximum Gasteiger partial charge on any atom is 0.306 e. The SMILES string of the molecule is CCCCCCCCCCCCCCCCCCCCCCCCCCCCCCCCCCCC(=O)OCC(COC(=O)CCCCCCCCCC)OC(=O)CCCCCCCCCC. The van der Waals surface area contributed by atoms with Gasteiger partial charge in [-0.25, -0.2) is 0 Å². The fraction of sp³-hybridized carbons (Fsp3) is 0.951. The van der Waals surface area contributed by atoms with Gasteiger partial charge in [-0.3, -0.25) is 14.4 Å². The van der Waals surface area contributed by atoms with Crippen molar-refractivity contribution in [2.45, 2.75) is 361 Å². The lowest BCUT2D eigenvalue weighted by atomic mass is 10.0. The zero-order valence-corrected chi connectivity index (χ0v) is 45.7. The van der Waals surface area contributed by atoms with Gasteiger partial charge in [0.05, 0.1) is 0 Å². The summed E-state index contributed by atoms with van der Waals surface area (Å²) in [6, 6.07) is 0. The van der Waals surface area contributed by atoms with E-state index in [-0.39, 0.29) is 31.1 Å². The number of carbonyl (C=O) groups is 3. The van der Waals surface area contributed by atoms with Crippen LogP contribution in [0.1, 0.15) is 355 Å². The van der Waals surface area contributed by atoms with Gasteiger partial charge in [-0.15, -0.1) is 0 Å². The molecule has 0 radical (unpaired) electrons. The molecule has 0 rings (SSSR count). The van der Waals surface area contributed by atoms with Crippen LogP contribution in [0.4, 0.5) is 0 Å². The van der Waals surface area contributed by atoms with Crippen LogP contribution in [-0.4, -0.2) is 37.2 Å². The third-order valence-corrected chi connectivity index (χ3v) is 14.1. The number of unbranched alkanes of at least 4 members (excludes halogenated alkanes) is 46. The van der Waals surface area contributed by atoms with Gasteiger partial charge in [-0.05, 0) is 19.3 Å². The largest absolute Gasteiger partial charge is 0.462 e. The molecule has 67 heavy (non-hydrogen) atoms. The van der Waals surface area contributed by atoms with Gasteiger partial charge in [-0.2, -0.15) is 0 Å². The highest BCUT2D eigenvalue weighted by Gasteiger charge is 2.19. The van der Waals surface area contributed by atoms with E-state index in [2.05, 4.69) is 20.8 Å². The highest BCUT2D eigenvalue weighted by atomic mass is 16.6. The summed E-state index contributed by atoms with van der Waals surface area (Å²) in [5.41, 5.74) is 0. The van der Waals surface area contributed by atoms with Crippen LogP contribution in [0.2, 0.25) is 0 Å². The van der Waals surface area contributed by atoms with Crippen LogP contribution in [0.25, 0.3) is 0 Å². The minimum absolute atomic E-state index is 0.0628. The van der Waals surface area contributed by atoms with E-state index >= 15 is 0 Å². The van der Waals surface area contributed by atoms with Crippen LogP contribution in [0.3, 0.4) is 0 Å². The minimum atomic E-state index is -0.758. The number of rotatable bonds is 57. The second-order valence-corrected chi connectivity index (χ2v) is 21.0. The lowest BCUT2D eigenvalue weighted by Gasteiger charge is -2.18. The van der Waals surface area contributed by atoms with E-state index in [1.165, 1.54) is 257 Å². The van der Waals surface area contributed by atoms with Crippen LogP contribution in [0, 0.1) is 0 Å². The molecule has 0 amide bonds. The predicted molar refractivity (Wildman–Crippen MR) is 289 cm³/mol. The van der Waals surface area contributed by atoms with Gasteiger partial charge in [0.1, 0.15) is 13.2 Å². The number of hydrogen-bond acceptors (Lipinski definition) is 6. The fourth-order valence-electron chi connectivity index (χ4n) is 9.51. The highest BCUT2D eigenvalue weighted by Crippen LogP contribution is 2.18. The van der Waals surface area contributed by atoms with Crippen molar-refractivity contribution in [3.8, 4) is 0 Å². The normalized spacial score (nSPS) is 11.9. The molecule has 0 fully saturated rings. The number of ether oxygens (including phenoxy) is 3. The summed E-state index contributed by atoms with van der Waals surface area (Å²) in [6.07, 6.45) is 64.6. The van der Waals surface area contributed by atoms with Crippen LogP contribution in [-0.2, 0) is 28.6 Å². The number of hydrogen-bond donors (Lipinski definition) is 0. The van der Waals surface area contributed by atoms with Crippen molar-refractivity contribution < 1.29 is 28.6 Å². The molecule has 0 aromatic rings. The first-order valence-electron chi connectivity index (χ1n) is 30.5. The Morgan fingerprint density at radius 2 is 0.403 bits per heavy atom. The molecule has 1 unspecified atom stereocenters. The van der Waals surface area contributed by atoms with E-state index in [4.69, 9.17) is 14.2 Å². The molecule has 0 aliphatic heterocycles. The van der Waals surface area contributed by atoms with Crippen LogP contribution >= 0.6 is 0 Å². The monoisotopic (exact) mass is 947 g/mol. The van der Waals surface area contributed by atoms with Gasteiger partial charge >= 0.3 is 17.9 Å². The Morgan fingerprint density at radius 3 is 0.597 bits per heavy atom. The molecular formula is C61H118O6. The summed E-state index contributed by atoms with van der Waals surface area (Å²) in [5, 5.41) is 0. The summed E-state index contributed by atoms with van der Waals surface area (Å²) >= 11 is 0. The Morgan fingerprint density at radius 1 is 0.239 bits per heavy atom. The number of carbonyl (C=O) groups excluding carboxylic acids is 3. The van der Waals surface area contributed by atoms with Gasteiger partial charge in [0.25, 0.3) is 0 Å². The molecule has 0 aliphatic carbocycles. The molecule has 0 saturated carbocycles. The Balaban J connectivity index is 3.80. The second kappa shape index (κ2) is 57.0. The van der Waals surface area contributed by atoms with E-state index in [0.717, 1.165) is 57.8 Å². The Hall–Kier alpha value is -1.59. The van der Waals surface area contributed by atoms with E-state index < -0.39 is 6.10 Å². The average molecular weight is 948 g/mol. The summed E-state index contributed by atoms with van der Waals surface area (Å²) in [5.74, 6) is -0.851. The molecule has 0 N–H and O–H groups in total. The molecule has 6 nitrogen and oxygen atoms in total. The molecule has 0 saturated heterocycles. The first kappa shape index (κ1) is 65.4. The topological polar surface area (TPSA) is 78.9 Å². The Bertz CT molecular complexity index is 998. The van der Waals surface area contributed by atoms with Crippen molar-refractivity contribution in [1.29, 1.82) is 0 Å². The fourth-order valence-corrected chi connectivity index (χ4v) is 9.51. The van der Waals surface area contributed by atoms with E-state index in [9.17, 15) is 14.4 Å². The zero-order valence-electron chi connectivity index (χ0n) is 45.7. The first-order chi connectivity index (χ1) is 33.0.